The number of rotatable bonds is 3. The molecule has 104 valence electrons. The number of hydrogen-bond donors (Lipinski definition) is 1. The highest BCUT2D eigenvalue weighted by Crippen LogP contribution is 2.35. The molecule has 0 aliphatic rings. The number of para-hydroxylation sites is 1. The van der Waals surface area contributed by atoms with E-state index < -0.39 is 11.7 Å². The van der Waals surface area contributed by atoms with Crippen LogP contribution in [0.2, 0.25) is 5.02 Å². The Bertz CT molecular complexity index is 635. The summed E-state index contributed by atoms with van der Waals surface area (Å²) < 4.78 is 38.1. The van der Waals surface area contributed by atoms with Crippen LogP contribution in [0, 0.1) is 0 Å². The third kappa shape index (κ3) is 3.14. The van der Waals surface area contributed by atoms with Gasteiger partial charge in [-0.05, 0) is 29.8 Å². The van der Waals surface area contributed by atoms with Crippen LogP contribution in [0.4, 0.5) is 24.5 Å². The third-order valence-corrected chi connectivity index (χ3v) is 3.07. The van der Waals surface area contributed by atoms with Crippen molar-refractivity contribution in [3.05, 3.63) is 65.2 Å². The fourth-order valence-electron chi connectivity index (χ4n) is 1.73. The normalized spacial score (nSPS) is 11.2. The van der Waals surface area contributed by atoms with Crippen molar-refractivity contribution >= 4 is 29.1 Å². The number of alkyl halides is 3. The summed E-state index contributed by atoms with van der Waals surface area (Å²) >= 11 is 5.94. The smallest absolute Gasteiger partial charge is 0.354 e. The van der Waals surface area contributed by atoms with Gasteiger partial charge in [-0.3, -0.25) is 0 Å². The second-order valence-electron chi connectivity index (χ2n) is 4.11. The Morgan fingerprint density at radius 1 is 1.05 bits per heavy atom. The number of nitrogens with one attached hydrogen (secondary N) is 1. The van der Waals surface area contributed by atoms with Gasteiger partial charge in [0.05, 0.1) is 16.3 Å². The maximum Gasteiger partial charge on any atom is 0.416 e. The van der Waals surface area contributed by atoms with Gasteiger partial charge in [-0.15, -0.1) is 0 Å². The molecule has 0 radical (unpaired) electrons. The summed E-state index contributed by atoms with van der Waals surface area (Å²) in [6, 6.07) is 10.3. The van der Waals surface area contributed by atoms with Crippen LogP contribution < -0.4 is 5.32 Å². The molecule has 0 saturated heterocycles. The Labute approximate surface area is 119 Å². The first-order chi connectivity index (χ1) is 9.41. The number of benzene rings is 2. The van der Waals surface area contributed by atoms with Gasteiger partial charge in [-0.1, -0.05) is 42.5 Å². The van der Waals surface area contributed by atoms with Gasteiger partial charge in [-0.25, -0.2) is 0 Å². The van der Waals surface area contributed by atoms with Crippen molar-refractivity contribution in [2.75, 3.05) is 5.32 Å². The molecule has 20 heavy (non-hydrogen) atoms. The predicted octanol–water partition coefficient (Wildman–Crippen LogP) is 5.75. The second kappa shape index (κ2) is 5.59. The summed E-state index contributed by atoms with van der Waals surface area (Å²) in [6.45, 7) is 3.66. The van der Waals surface area contributed by atoms with Gasteiger partial charge < -0.3 is 5.32 Å². The van der Waals surface area contributed by atoms with E-state index in [4.69, 9.17) is 11.6 Å². The Morgan fingerprint density at radius 3 is 2.40 bits per heavy atom. The number of hydrogen-bond acceptors (Lipinski definition) is 1. The molecular formula is C15H11ClF3N. The maximum absolute atomic E-state index is 12.7. The highest BCUT2D eigenvalue weighted by atomic mass is 35.5. The quantitative estimate of drug-likeness (QED) is 0.761. The molecule has 0 aliphatic heterocycles. The topological polar surface area (TPSA) is 12.0 Å². The molecule has 0 heterocycles. The lowest BCUT2D eigenvalue weighted by Gasteiger charge is -2.14. The monoisotopic (exact) mass is 297 g/mol. The molecule has 0 bridgehead atoms. The lowest BCUT2D eigenvalue weighted by molar-refractivity contribution is -0.137. The van der Waals surface area contributed by atoms with Crippen LogP contribution in [0.5, 0.6) is 0 Å². The average molecular weight is 298 g/mol. The maximum atomic E-state index is 12.7. The minimum atomic E-state index is -4.40. The van der Waals surface area contributed by atoms with Crippen LogP contribution in [0.3, 0.4) is 0 Å². The molecule has 1 N–H and O–H groups in total. The van der Waals surface area contributed by atoms with Crippen LogP contribution in [0.1, 0.15) is 11.1 Å². The van der Waals surface area contributed by atoms with Crippen molar-refractivity contribution in [3.63, 3.8) is 0 Å². The average Bonchev–Trinajstić information content (AvgIpc) is 2.40. The van der Waals surface area contributed by atoms with Crippen molar-refractivity contribution in [1.29, 1.82) is 0 Å². The van der Waals surface area contributed by atoms with E-state index in [1.807, 2.05) is 6.07 Å². The molecule has 0 fully saturated rings. The zero-order valence-corrected chi connectivity index (χ0v) is 11.1. The zero-order valence-electron chi connectivity index (χ0n) is 10.3. The molecule has 0 atom stereocenters. The van der Waals surface area contributed by atoms with Gasteiger partial charge in [-0.2, -0.15) is 13.2 Å². The van der Waals surface area contributed by atoms with Gasteiger partial charge in [0.25, 0.3) is 0 Å². The number of halogens is 4. The molecule has 5 heteroatoms. The first-order valence-corrected chi connectivity index (χ1v) is 6.15. The summed E-state index contributed by atoms with van der Waals surface area (Å²) in [7, 11) is 0. The van der Waals surface area contributed by atoms with Gasteiger partial charge in [0.2, 0.25) is 0 Å². The molecule has 2 aromatic carbocycles. The molecule has 0 unspecified atom stereocenters. The van der Waals surface area contributed by atoms with Crippen LogP contribution >= 0.6 is 11.6 Å². The van der Waals surface area contributed by atoms with E-state index in [0.717, 1.165) is 17.7 Å². The van der Waals surface area contributed by atoms with Gasteiger partial charge in [0.15, 0.2) is 0 Å². The molecule has 0 aromatic heterocycles. The molecule has 1 nitrogen and oxygen atoms in total. The first-order valence-electron chi connectivity index (χ1n) is 5.77. The van der Waals surface area contributed by atoms with Crippen LogP contribution in [-0.4, -0.2) is 0 Å². The van der Waals surface area contributed by atoms with Crippen molar-refractivity contribution in [3.8, 4) is 0 Å². The van der Waals surface area contributed by atoms with E-state index in [0.29, 0.717) is 5.69 Å². The van der Waals surface area contributed by atoms with Crippen LogP contribution in [0.15, 0.2) is 49.0 Å². The zero-order chi connectivity index (χ0) is 14.8. The minimum absolute atomic E-state index is 0.204. The van der Waals surface area contributed by atoms with E-state index in [1.54, 1.807) is 24.3 Å². The molecule has 0 spiro atoms. The van der Waals surface area contributed by atoms with Crippen LogP contribution in [-0.2, 0) is 6.18 Å². The van der Waals surface area contributed by atoms with Gasteiger partial charge >= 0.3 is 6.18 Å². The van der Waals surface area contributed by atoms with E-state index >= 15 is 0 Å². The lowest BCUT2D eigenvalue weighted by Crippen LogP contribution is -2.05. The highest BCUT2D eigenvalue weighted by molar-refractivity contribution is 6.33. The molecule has 0 aliphatic carbocycles. The fraction of sp³-hybridized carbons (Fsp3) is 0.0667. The van der Waals surface area contributed by atoms with Crippen molar-refractivity contribution in [2.45, 2.75) is 6.18 Å². The second-order valence-corrected chi connectivity index (χ2v) is 4.52. The summed E-state index contributed by atoms with van der Waals surface area (Å²) in [5.41, 5.74) is 0.876. The third-order valence-electron chi connectivity index (χ3n) is 2.74. The Hall–Kier alpha value is -1.94. The van der Waals surface area contributed by atoms with E-state index in [-0.39, 0.29) is 10.7 Å². The standard InChI is InChI=1S/C15H11ClF3N/c1-2-10-5-3-4-6-13(10)20-14-9-11(15(17,18)19)7-8-12(14)16/h2-9,20H,1H2. The van der Waals surface area contributed by atoms with Crippen molar-refractivity contribution < 1.29 is 13.2 Å². The first kappa shape index (κ1) is 14.5. The van der Waals surface area contributed by atoms with Crippen molar-refractivity contribution in [1.82, 2.24) is 0 Å². The predicted molar refractivity (Wildman–Crippen MR) is 76.3 cm³/mol. The van der Waals surface area contributed by atoms with E-state index in [2.05, 4.69) is 11.9 Å². The minimum Gasteiger partial charge on any atom is -0.354 e. The van der Waals surface area contributed by atoms with Crippen molar-refractivity contribution in [2.24, 2.45) is 0 Å². The largest absolute Gasteiger partial charge is 0.416 e. The number of anilines is 2. The summed E-state index contributed by atoms with van der Waals surface area (Å²) in [4.78, 5) is 0. The lowest BCUT2D eigenvalue weighted by atomic mass is 10.1. The molecule has 0 amide bonds. The van der Waals surface area contributed by atoms with E-state index in [9.17, 15) is 13.2 Å². The Morgan fingerprint density at radius 2 is 1.75 bits per heavy atom. The Balaban J connectivity index is 2.40. The molecule has 2 aromatic rings. The fourth-order valence-corrected chi connectivity index (χ4v) is 1.90. The highest BCUT2D eigenvalue weighted by Gasteiger charge is 2.30. The summed E-state index contributed by atoms with van der Waals surface area (Å²) in [5.74, 6) is 0. The summed E-state index contributed by atoms with van der Waals surface area (Å²) in [6.07, 6.45) is -2.79. The van der Waals surface area contributed by atoms with Gasteiger partial charge in [0, 0.05) is 5.69 Å². The SMILES string of the molecule is C=Cc1ccccc1Nc1cc(C(F)(F)F)ccc1Cl. The molecular weight excluding hydrogens is 287 g/mol. The van der Waals surface area contributed by atoms with Crippen LogP contribution in [0.25, 0.3) is 6.08 Å². The summed E-state index contributed by atoms with van der Waals surface area (Å²) in [5, 5.41) is 3.12. The van der Waals surface area contributed by atoms with Gasteiger partial charge in [0.1, 0.15) is 0 Å². The molecule has 0 saturated carbocycles. The Kier molecular flexibility index (Phi) is 4.04. The molecule has 2 rings (SSSR count). The van der Waals surface area contributed by atoms with E-state index in [1.165, 1.54) is 6.07 Å².